The largest absolute Gasteiger partial charge is 0.500 e. The Balaban J connectivity index is 0.000000211. The van der Waals surface area contributed by atoms with Crippen LogP contribution in [-0.2, 0) is 32.9 Å². The average molecular weight is 861 g/mol. The van der Waals surface area contributed by atoms with Gasteiger partial charge in [0.1, 0.15) is 5.58 Å². The summed E-state index contributed by atoms with van der Waals surface area (Å²) in [7, 11) is -1.30. The third kappa shape index (κ3) is 8.66. The first-order valence-corrected chi connectivity index (χ1v) is 20.3. The number of hydrogen-bond donors (Lipinski definition) is 0. The van der Waals surface area contributed by atoms with Crippen molar-refractivity contribution in [1.82, 2.24) is 9.97 Å². The predicted octanol–water partition coefficient (Wildman–Crippen LogP) is 10.9. The van der Waals surface area contributed by atoms with Gasteiger partial charge in [0, 0.05) is 43.7 Å². The Morgan fingerprint density at radius 1 is 0.627 bits per heavy atom. The summed E-state index contributed by atoms with van der Waals surface area (Å²) in [6.07, 6.45) is 5.57. The fourth-order valence-electron chi connectivity index (χ4n) is 6.08. The van der Waals surface area contributed by atoms with Gasteiger partial charge in [0.15, 0.2) is 0 Å². The van der Waals surface area contributed by atoms with E-state index in [4.69, 9.17) is 4.42 Å². The Bertz CT molecular complexity index is 2350. The smallest absolute Gasteiger partial charge is 0.121 e. The SMILES string of the molecule is C[Si](C)(C)c1ccc(-c2[c-]cc(F)cc2)nc1.[Ir].[c-]1cc2oc3cccc(Cc4ccccc4)c3c2cc1-c1cc(Cc2ccccc2)ccn1. The molecule has 0 aliphatic heterocycles. The molecule has 3 nitrogen and oxygen atoms in total. The molecule has 6 heteroatoms. The van der Waals surface area contributed by atoms with Crippen molar-refractivity contribution < 1.29 is 28.9 Å². The quantitative estimate of drug-likeness (QED) is 0.118. The van der Waals surface area contributed by atoms with Crippen molar-refractivity contribution >= 4 is 35.2 Å². The summed E-state index contributed by atoms with van der Waals surface area (Å²) < 4.78 is 18.9. The molecule has 8 aromatic rings. The number of furan rings is 1. The Morgan fingerprint density at radius 3 is 2.02 bits per heavy atom. The zero-order chi connectivity index (χ0) is 34.5. The first kappa shape index (κ1) is 35.8. The summed E-state index contributed by atoms with van der Waals surface area (Å²) in [6, 6.07) is 50.6. The third-order valence-electron chi connectivity index (χ3n) is 8.78. The molecule has 0 bridgehead atoms. The van der Waals surface area contributed by atoms with E-state index < -0.39 is 8.07 Å². The van der Waals surface area contributed by atoms with Crippen LogP contribution in [0.15, 0.2) is 150 Å². The minimum Gasteiger partial charge on any atom is -0.500 e. The minimum absolute atomic E-state index is 0. The second kappa shape index (κ2) is 15.9. The van der Waals surface area contributed by atoms with Crippen LogP contribution in [0.4, 0.5) is 4.39 Å². The molecule has 3 heterocycles. The molecule has 0 saturated carbocycles. The summed E-state index contributed by atoms with van der Waals surface area (Å²) in [6.45, 7) is 6.86. The number of rotatable bonds is 7. The molecule has 0 aliphatic rings. The van der Waals surface area contributed by atoms with Crippen LogP contribution in [0, 0.1) is 17.9 Å². The van der Waals surface area contributed by atoms with Crippen molar-refractivity contribution in [2.24, 2.45) is 0 Å². The van der Waals surface area contributed by atoms with Crippen LogP contribution in [0.1, 0.15) is 22.3 Å². The van der Waals surface area contributed by atoms with E-state index >= 15 is 0 Å². The van der Waals surface area contributed by atoms with Gasteiger partial charge in [-0.15, -0.1) is 53.6 Å². The first-order chi connectivity index (χ1) is 24.3. The molecule has 5 aromatic carbocycles. The maximum atomic E-state index is 12.8. The van der Waals surface area contributed by atoms with E-state index in [1.54, 1.807) is 6.07 Å². The Hall–Kier alpha value is -5.00. The molecular weight excluding hydrogens is 824 g/mol. The van der Waals surface area contributed by atoms with Crippen molar-refractivity contribution in [3.63, 3.8) is 0 Å². The molecule has 255 valence electrons. The fourth-order valence-corrected chi connectivity index (χ4v) is 7.12. The summed E-state index contributed by atoms with van der Waals surface area (Å²) in [5.74, 6) is -0.271. The average Bonchev–Trinajstić information content (AvgIpc) is 3.52. The van der Waals surface area contributed by atoms with Gasteiger partial charge in [-0.05, 0) is 63.8 Å². The van der Waals surface area contributed by atoms with Crippen molar-refractivity contribution in [3.8, 4) is 22.5 Å². The van der Waals surface area contributed by atoms with Crippen LogP contribution in [0.5, 0.6) is 0 Å². The summed E-state index contributed by atoms with van der Waals surface area (Å²) >= 11 is 0. The fraction of sp³-hybridized carbons (Fsp3) is 0.111. The van der Waals surface area contributed by atoms with Gasteiger partial charge in [-0.2, -0.15) is 0 Å². The summed E-state index contributed by atoms with van der Waals surface area (Å²) in [4.78, 5) is 9.08. The second-order valence-corrected chi connectivity index (χ2v) is 18.6. The van der Waals surface area contributed by atoms with E-state index in [0.29, 0.717) is 0 Å². The maximum Gasteiger partial charge on any atom is 0.121 e. The van der Waals surface area contributed by atoms with E-state index in [1.165, 1.54) is 45.0 Å². The van der Waals surface area contributed by atoms with Gasteiger partial charge in [-0.3, -0.25) is 4.39 Å². The number of fused-ring (bicyclic) bond motifs is 3. The number of nitrogens with zero attached hydrogens (tertiary/aromatic N) is 2. The van der Waals surface area contributed by atoms with Crippen LogP contribution < -0.4 is 5.19 Å². The van der Waals surface area contributed by atoms with Gasteiger partial charge in [-0.25, -0.2) is 0 Å². The number of hydrogen-bond acceptors (Lipinski definition) is 3. The Morgan fingerprint density at radius 2 is 1.35 bits per heavy atom. The zero-order valence-electron chi connectivity index (χ0n) is 28.8. The molecule has 0 fully saturated rings. The number of halogens is 1. The van der Waals surface area contributed by atoms with Crippen LogP contribution >= 0.6 is 0 Å². The van der Waals surface area contributed by atoms with Gasteiger partial charge >= 0.3 is 0 Å². The van der Waals surface area contributed by atoms with Gasteiger partial charge in [0.05, 0.1) is 13.7 Å². The van der Waals surface area contributed by atoms with E-state index in [1.807, 2.05) is 36.7 Å². The maximum absolute atomic E-state index is 12.8. The van der Waals surface area contributed by atoms with Gasteiger partial charge in [0.25, 0.3) is 0 Å². The molecule has 0 unspecified atom stereocenters. The Kier molecular flexibility index (Phi) is 11.2. The predicted molar refractivity (Wildman–Crippen MR) is 206 cm³/mol. The molecule has 8 rings (SSSR count). The monoisotopic (exact) mass is 861 g/mol. The first-order valence-electron chi connectivity index (χ1n) is 16.8. The van der Waals surface area contributed by atoms with E-state index in [-0.39, 0.29) is 25.9 Å². The zero-order valence-corrected chi connectivity index (χ0v) is 32.2. The second-order valence-electron chi connectivity index (χ2n) is 13.5. The van der Waals surface area contributed by atoms with Crippen molar-refractivity contribution in [3.05, 3.63) is 186 Å². The molecule has 0 saturated heterocycles. The van der Waals surface area contributed by atoms with Gasteiger partial charge in [-0.1, -0.05) is 116 Å². The van der Waals surface area contributed by atoms with E-state index in [0.717, 1.165) is 51.9 Å². The molecule has 3 aromatic heterocycles. The van der Waals surface area contributed by atoms with Gasteiger partial charge < -0.3 is 14.4 Å². The molecule has 0 aliphatic carbocycles. The Labute approximate surface area is 313 Å². The molecule has 0 spiro atoms. The van der Waals surface area contributed by atoms with E-state index in [9.17, 15) is 4.39 Å². The standard InChI is InChI=1S/C31H22NO.C14H15FNSi.Ir/c1-3-8-22(9-4-1)18-24-16-17-32-28(20-24)25-14-15-29-27(21-25)31-26(12-7-13-30(31)33-29)19-23-10-5-2-6-11-23;1-17(2,3)13-8-9-14(16-10-13)11-4-6-12(15)7-5-11;/h1-13,15-17,20-21H,18-19H2;4,6-10H,1-3H3;/q2*-1;. The normalized spacial score (nSPS) is 11.1. The number of benzene rings is 5. The molecule has 0 amide bonds. The van der Waals surface area contributed by atoms with Gasteiger partial charge in [0.2, 0.25) is 0 Å². The molecule has 0 atom stereocenters. The molecular formula is C45H37FIrN2OSi-2. The number of aromatic nitrogens is 2. The van der Waals surface area contributed by atoms with Crippen molar-refractivity contribution in [1.29, 1.82) is 0 Å². The molecule has 1 radical (unpaired) electrons. The molecule has 51 heavy (non-hydrogen) atoms. The number of pyridine rings is 2. The van der Waals surface area contributed by atoms with Crippen LogP contribution in [-0.4, -0.2) is 18.0 Å². The van der Waals surface area contributed by atoms with Crippen molar-refractivity contribution in [2.75, 3.05) is 0 Å². The topological polar surface area (TPSA) is 38.9 Å². The van der Waals surface area contributed by atoms with Crippen molar-refractivity contribution in [2.45, 2.75) is 32.5 Å². The molecule has 0 N–H and O–H groups in total. The van der Waals surface area contributed by atoms with Crippen LogP contribution in [0.25, 0.3) is 44.5 Å². The summed E-state index contributed by atoms with van der Waals surface area (Å²) in [5, 5.41) is 3.61. The van der Waals surface area contributed by atoms with Crippen LogP contribution in [0.3, 0.4) is 0 Å². The minimum atomic E-state index is -1.30. The summed E-state index contributed by atoms with van der Waals surface area (Å²) in [5.41, 5.74) is 10.4. The third-order valence-corrected chi connectivity index (χ3v) is 10.8. The van der Waals surface area contributed by atoms with E-state index in [2.05, 4.69) is 133 Å². The van der Waals surface area contributed by atoms with Crippen LogP contribution in [0.2, 0.25) is 19.6 Å².